The minimum atomic E-state index is 0.588. The largest absolute Gasteiger partial charge is 0.383 e. The first-order chi connectivity index (χ1) is 8.24. The number of nitrogens with zero attached hydrogens (tertiary/aromatic N) is 3. The van der Waals surface area contributed by atoms with Crippen LogP contribution in [-0.4, -0.2) is 36.3 Å². The van der Waals surface area contributed by atoms with Crippen molar-refractivity contribution in [2.24, 2.45) is 5.84 Å². The molecule has 1 aliphatic rings. The predicted molar refractivity (Wildman–Crippen MR) is 66.8 cm³/mol. The Morgan fingerprint density at radius 1 is 1.53 bits per heavy atom. The lowest BCUT2D eigenvalue weighted by molar-refractivity contribution is 0.204. The summed E-state index contributed by atoms with van der Waals surface area (Å²) in [4.78, 5) is 10.9. The lowest BCUT2D eigenvalue weighted by Crippen LogP contribution is -2.30. The molecule has 1 aromatic heterocycles. The molecular formula is C11H19N5O. The number of aromatic nitrogens is 2. The molecule has 94 valence electrons. The average molecular weight is 237 g/mol. The van der Waals surface area contributed by atoms with E-state index in [-0.39, 0.29) is 0 Å². The van der Waals surface area contributed by atoms with Gasteiger partial charge in [-0.15, -0.1) is 0 Å². The monoisotopic (exact) mass is 237 g/mol. The molecule has 0 saturated heterocycles. The molecule has 1 heterocycles. The fourth-order valence-electron chi connectivity index (χ4n) is 1.83. The van der Waals surface area contributed by atoms with Crippen molar-refractivity contribution < 1.29 is 4.74 Å². The van der Waals surface area contributed by atoms with Gasteiger partial charge in [0, 0.05) is 25.8 Å². The topological polar surface area (TPSA) is 76.3 Å². The van der Waals surface area contributed by atoms with Crippen LogP contribution in [0, 0.1) is 6.92 Å². The number of nitrogens with two attached hydrogens (primary N) is 1. The zero-order valence-corrected chi connectivity index (χ0v) is 10.3. The van der Waals surface area contributed by atoms with Gasteiger partial charge in [-0.05, 0) is 19.8 Å². The van der Waals surface area contributed by atoms with Gasteiger partial charge < -0.3 is 15.1 Å². The van der Waals surface area contributed by atoms with Crippen molar-refractivity contribution in [3.63, 3.8) is 0 Å². The number of hydrazine groups is 1. The quantitative estimate of drug-likeness (QED) is 0.560. The maximum absolute atomic E-state index is 5.40. The molecule has 0 radical (unpaired) electrons. The van der Waals surface area contributed by atoms with Gasteiger partial charge in [0.15, 0.2) is 0 Å². The Morgan fingerprint density at radius 2 is 2.29 bits per heavy atom. The number of nitrogen functional groups attached to an aromatic ring is 1. The van der Waals surface area contributed by atoms with E-state index in [1.807, 2.05) is 13.0 Å². The van der Waals surface area contributed by atoms with E-state index >= 15 is 0 Å². The van der Waals surface area contributed by atoms with E-state index in [1.165, 1.54) is 12.8 Å². The van der Waals surface area contributed by atoms with E-state index in [4.69, 9.17) is 10.6 Å². The lowest BCUT2D eigenvalue weighted by atomic mass is 10.4. The predicted octanol–water partition coefficient (Wildman–Crippen LogP) is 0.686. The SMILES string of the molecule is COCCN(c1cc(NN)nc(C)n1)C1CC1. The van der Waals surface area contributed by atoms with Gasteiger partial charge in [0.05, 0.1) is 6.61 Å². The van der Waals surface area contributed by atoms with Gasteiger partial charge in [-0.3, -0.25) is 0 Å². The van der Waals surface area contributed by atoms with Crippen LogP contribution in [0.4, 0.5) is 11.6 Å². The normalized spacial score (nSPS) is 14.8. The summed E-state index contributed by atoms with van der Waals surface area (Å²) >= 11 is 0. The van der Waals surface area contributed by atoms with Gasteiger partial charge in [-0.2, -0.15) is 0 Å². The van der Waals surface area contributed by atoms with E-state index in [0.717, 1.165) is 18.2 Å². The molecule has 1 aliphatic carbocycles. The Kier molecular flexibility index (Phi) is 3.75. The van der Waals surface area contributed by atoms with Crippen molar-refractivity contribution >= 4 is 11.6 Å². The molecule has 6 nitrogen and oxygen atoms in total. The molecule has 0 aromatic carbocycles. The first-order valence-corrected chi connectivity index (χ1v) is 5.82. The van der Waals surface area contributed by atoms with E-state index < -0.39 is 0 Å². The molecule has 3 N–H and O–H groups in total. The maximum atomic E-state index is 5.40. The van der Waals surface area contributed by atoms with Crippen molar-refractivity contribution in [2.75, 3.05) is 30.6 Å². The van der Waals surface area contributed by atoms with Crippen molar-refractivity contribution in [3.05, 3.63) is 11.9 Å². The number of rotatable bonds is 6. The Morgan fingerprint density at radius 3 is 2.88 bits per heavy atom. The molecule has 0 spiro atoms. The molecular weight excluding hydrogens is 218 g/mol. The van der Waals surface area contributed by atoms with E-state index in [9.17, 15) is 0 Å². The van der Waals surface area contributed by atoms with E-state index in [0.29, 0.717) is 18.5 Å². The molecule has 0 unspecified atom stereocenters. The number of methoxy groups -OCH3 is 1. The Balaban J connectivity index is 2.18. The molecule has 0 aliphatic heterocycles. The second-order valence-corrected chi connectivity index (χ2v) is 4.22. The highest BCUT2D eigenvalue weighted by Gasteiger charge is 2.30. The van der Waals surface area contributed by atoms with Crippen LogP contribution in [0.25, 0.3) is 0 Å². The summed E-state index contributed by atoms with van der Waals surface area (Å²) in [6.45, 7) is 3.41. The highest BCUT2D eigenvalue weighted by molar-refractivity contribution is 5.50. The van der Waals surface area contributed by atoms with Gasteiger partial charge in [0.2, 0.25) is 0 Å². The molecule has 1 fully saturated rings. The van der Waals surface area contributed by atoms with E-state index in [1.54, 1.807) is 7.11 Å². The average Bonchev–Trinajstić information content (AvgIpc) is 3.13. The summed E-state index contributed by atoms with van der Waals surface area (Å²) in [5.74, 6) is 7.69. The molecule has 0 bridgehead atoms. The van der Waals surface area contributed by atoms with Crippen molar-refractivity contribution in [1.82, 2.24) is 9.97 Å². The molecule has 17 heavy (non-hydrogen) atoms. The summed E-state index contributed by atoms with van der Waals surface area (Å²) in [5.41, 5.74) is 2.57. The third-order valence-electron chi connectivity index (χ3n) is 2.79. The van der Waals surface area contributed by atoms with Crippen LogP contribution < -0.4 is 16.2 Å². The van der Waals surface area contributed by atoms with Gasteiger partial charge in [-0.25, -0.2) is 15.8 Å². The van der Waals surface area contributed by atoms with Gasteiger partial charge in [0.1, 0.15) is 17.5 Å². The summed E-state index contributed by atoms with van der Waals surface area (Å²) < 4.78 is 5.13. The lowest BCUT2D eigenvalue weighted by Gasteiger charge is -2.23. The second kappa shape index (κ2) is 5.29. The van der Waals surface area contributed by atoms with Gasteiger partial charge >= 0.3 is 0 Å². The Bertz CT molecular complexity index is 380. The Hall–Kier alpha value is -1.40. The number of anilines is 2. The van der Waals surface area contributed by atoms with Crippen LogP contribution in [0.3, 0.4) is 0 Å². The van der Waals surface area contributed by atoms with Crippen LogP contribution in [0.1, 0.15) is 18.7 Å². The van der Waals surface area contributed by atoms with Crippen LogP contribution in [0.15, 0.2) is 6.07 Å². The molecule has 2 rings (SSSR count). The Labute approximate surface area is 101 Å². The number of nitrogens with one attached hydrogen (secondary N) is 1. The van der Waals surface area contributed by atoms with Crippen LogP contribution in [0.2, 0.25) is 0 Å². The summed E-state index contributed by atoms with van der Waals surface area (Å²) in [6, 6.07) is 2.46. The van der Waals surface area contributed by atoms with E-state index in [2.05, 4.69) is 20.3 Å². The number of aryl methyl sites for hydroxylation is 1. The zero-order chi connectivity index (χ0) is 12.3. The van der Waals surface area contributed by atoms with Crippen LogP contribution in [-0.2, 0) is 4.74 Å². The third-order valence-corrected chi connectivity index (χ3v) is 2.79. The molecule has 0 amide bonds. The minimum absolute atomic E-state index is 0.588. The van der Waals surface area contributed by atoms with Gasteiger partial charge in [0.25, 0.3) is 0 Å². The highest BCUT2D eigenvalue weighted by Crippen LogP contribution is 2.31. The molecule has 1 aromatic rings. The fourth-order valence-corrected chi connectivity index (χ4v) is 1.83. The summed E-state index contributed by atoms with van der Waals surface area (Å²) in [6.07, 6.45) is 2.44. The number of hydrogen-bond donors (Lipinski definition) is 2. The first-order valence-electron chi connectivity index (χ1n) is 5.82. The smallest absolute Gasteiger partial charge is 0.145 e. The fraction of sp³-hybridized carbons (Fsp3) is 0.636. The van der Waals surface area contributed by atoms with Crippen LogP contribution in [0.5, 0.6) is 0 Å². The second-order valence-electron chi connectivity index (χ2n) is 4.22. The number of ether oxygens (including phenoxy) is 1. The van der Waals surface area contributed by atoms with Crippen LogP contribution >= 0.6 is 0 Å². The van der Waals surface area contributed by atoms with Crippen molar-refractivity contribution in [1.29, 1.82) is 0 Å². The molecule has 1 saturated carbocycles. The highest BCUT2D eigenvalue weighted by atomic mass is 16.5. The van der Waals surface area contributed by atoms with Gasteiger partial charge in [-0.1, -0.05) is 0 Å². The zero-order valence-electron chi connectivity index (χ0n) is 10.3. The number of hydrogen-bond acceptors (Lipinski definition) is 6. The summed E-state index contributed by atoms with van der Waals surface area (Å²) in [7, 11) is 1.71. The maximum Gasteiger partial charge on any atom is 0.145 e. The summed E-state index contributed by atoms with van der Waals surface area (Å²) in [5, 5.41) is 0. The van der Waals surface area contributed by atoms with Crippen molar-refractivity contribution in [2.45, 2.75) is 25.8 Å². The molecule has 0 atom stereocenters. The first kappa shape index (κ1) is 12.1. The van der Waals surface area contributed by atoms with Crippen molar-refractivity contribution in [3.8, 4) is 0 Å². The standard InChI is InChI=1S/C11H19N5O/c1-8-13-10(15-12)7-11(14-8)16(5-6-17-2)9-3-4-9/h7,9H,3-6,12H2,1-2H3,(H,13,14,15). The third kappa shape index (κ3) is 3.04. The molecule has 6 heteroatoms. The minimum Gasteiger partial charge on any atom is -0.383 e.